The minimum atomic E-state index is -0.667. The van der Waals surface area contributed by atoms with Gasteiger partial charge in [-0.1, -0.05) is 48.5 Å². The highest BCUT2D eigenvalue weighted by Crippen LogP contribution is 2.33. The number of hydrogen-bond donors (Lipinski definition) is 2. The largest absolute Gasteiger partial charge is 0.477 e. The third kappa shape index (κ3) is 4.31. The second-order valence-electron chi connectivity index (χ2n) is 7.00. The summed E-state index contributed by atoms with van der Waals surface area (Å²) >= 11 is 1.61. The van der Waals surface area contributed by atoms with Crippen LogP contribution in [0.5, 0.6) is 5.75 Å². The Morgan fingerprint density at radius 2 is 1.87 bits per heavy atom. The zero-order chi connectivity index (χ0) is 20.9. The summed E-state index contributed by atoms with van der Waals surface area (Å²) in [5.41, 5.74) is 1.83. The van der Waals surface area contributed by atoms with Crippen molar-refractivity contribution in [3.8, 4) is 5.75 Å². The zero-order valence-corrected chi connectivity index (χ0v) is 17.4. The van der Waals surface area contributed by atoms with Gasteiger partial charge in [-0.2, -0.15) is 0 Å². The number of amides is 2. The Balaban J connectivity index is 1.54. The summed E-state index contributed by atoms with van der Waals surface area (Å²) in [4.78, 5) is 28.2. The number of nitrogens with zero attached hydrogens (tertiary/aromatic N) is 1. The van der Waals surface area contributed by atoms with Crippen LogP contribution in [0, 0.1) is 0 Å². The molecule has 2 heterocycles. The molecule has 6 nitrogen and oxygen atoms in total. The molecule has 30 heavy (non-hydrogen) atoms. The zero-order valence-electron chi connectivity index (χ0n) is 16.6. The van der Waals surface area contributed by atoms with Crippen LogP contribution in [-0.2, 0) is 9.59 Å². The van der Waals surface area contributed by atoms with Gasteiger partial charge in [-0.25, -0.2) is 0 Å². The molecule has 0 fully saturated rings. The van der Waals surface area contributed by atoms with Crippen molar-refractivity contribution in [3.05, 3.63) is 82.6 Å². The molecule has 154 valence electrons. The topological polar surface area (TPSA) is 70.7 Å². The molecule has 1 aliphatic heterocycles. The summed E-state index contributed by atoms with van der Waals surface area (Å²) in [7, 11) is 1.58. The molecule has 2 aromatic carbocycles. The van der Waals surface area contributed by atoms with Gasteiger partial charge in [-0.15, -0.1) is 11.3 Å². The van der Waals surface area contributed by atoms with E-state index in [0.29, 0.717) is 12.3 Å². The molecule has 0 spiro atoms. The number of nitrogens with one attached hydrogen (secondary N) is 2. The average molecular weight is 422 g/mol. The number of thiophene rings is 1. The second kappa shape index (κ2) is 9.00. The van der Waals surface area contributed by atoms with E-state index in [0.717, 1.165) is 16.1 Å². The van der Waals surface area contributed by atoms with Crippen LogP contribution in [0.4, 0.5) is 5.69 Å². The molecule has 1 aliphatic rings. The van der Waals surface area contributed by atoms with Crippen LogP contribution in [0.3, 0.4) is 0 Å². The van der Waals surface area contributed by atoms with Gasteiger partial charge in [0.05, 0.1) is 24.8 Å². The third-order valence-corrected chi connectivity index (χ3v) is 5.94. The summed E-state index contributed by atoms with van der Waals surface area (Å²) in [6.07, 6.45) is -0.667. The lowest BCUT2D eigenvalue weighted by molar-refractivity contribution is -0.127. The molecule has 0 saturated carbocycles. The van der Waals surface area contributed by atoms with E-state index in [4.69, 9.17) is 4.74 Å². The van der Waals surface area contributed by atoms with Gasteiger partial charge in [-0.3, -0.25) is 9.59 Å². The first-order valence-electron chi connectivity index (χ1n) is 9.75. The maximum atomic E-state index is 13.1. The average Bonchev–Trinajstić information content (AvgIpc) is 3.32. The summed E-state index contributed by atoms with van der Waals surface area (Å²) < 4.78 is 5.82. The predicted molar refractivity (Wildman–Crippen MR) is 118 cm³/mol. The highest BCUT2D eigenvalue weighted by molar-refractivity contribution is 7.10. The normalized spacial score (nSPS) is 16.2. The number of anilines is 1. The van der Waals surface area contributed by atoms with Crippen molar-refractivity contribution in [1.29, 1.82) is 0 Å². The fourth-order valence-electron chi connectivity index (χ4n) is 3.55. The van der Waals surface area contributed by atoms with Crippen molar-refractivity contribution in [2.24, 2.45) is 0 Å². The van der Waals surface area contributed by atoms with E-state index >= 15 is 0 Å². The van der Waals surface area contributed by atoms with Crippen molar-refractivity contribution >= 4 is 28.8 Å². The molecule has 0 bridgehead atoms. The number of benzene rings is 2. The van der Waals surface area contributed by atoms with Gasteiger partial charge < -0.3 is 20.3 Å². The van der Waals surface area contributed by atoms with Gasteiger partial charge in [-0.05, 0) is 29.1 Å². The number of carbonyl (C=O) groups is 2. The highest BCUT2D eigenvalue weighted by atomic mass is 32.1. The Kier molecular flexibility index (Phi) is 5.99. The number of likely N-dealkylation sites (N-methyl/N-ethyl adjacent to an activating group) is 1. The van der Waals surface area contributed by atoms with Crippen LogP contribution in [0.1, 0.15) is 16.5 Å². The number of carbonyl (C=O) groups excluding carboxylic acids is 2. The molecule has 0 saturated heterocycles. The standard InChI is InChI=1S/C23H23N3O3S/c1-24-23(28)19-14-26(17-10-5-6-11-18(17)29-19)15-21(27)25-22(20-12-7-13-30-20)16-8-3-2-4-9-16/h2-13,19,22H,14-15H2,1H3,(H,24,28)(H,25,27). The number of para-hydroxylation sites is 2. The molecular weight excluding hydrogens is 398 g/mol. The fourth-order valence-corrected chi connectivity index (χ4v) is 4.36. The van der Waals surface area contributed by atoms with Gasteiger partial charge in [0, 0.05) is 11.9 Å². The van der Waals surface area contributed by atoms with Crippen LogP contribution in [0.15, 0.2) is 72.1 Å². The highest BCUT2D eigenvalue weighted by Gasteiger charge is 2.31. The number of hydrogen-bond acceptors (Lipinski definition) is 5. The fraction of sp³-hybridized carbons (Fsp3) is 0.217. The lowest BCUT2D eigenvalue weighted by atomic mass is 10.1. The van der Waals surface area contributed by atoms with Crippen molar-refractivity contribution in [3.63, 3.8) is 0 Å². The van der Waals surface area contributed by atoms with E-state index in [1.54, 1.807) is 18.4 Å². The first-order chi connectivity index (χ1) is 14.7. The smallest absolute Gasteiger partial charge is 0.262 e. The summed E-state index contributed by atoms with van der Waals surface area (Å²) in [5.74, 6) is 0.267. The van der Waals surface area contributed by atoms with Crippen LogP contribution in [0.25, 0.3) is 0 Å². The predicted octanol–water partition coefficient (Wildman–Crippen LogP) is 2.97. The maximum Gasteiger partial charge on any atom is 0.262 e. The summed E-state index contributed by atoms with van der Waals surface area (Å²) in [5, 5.41) is 7.79. The minimum Gasteiger partial charge on any atom is -0.477 e. The minimum absolute atomic E-state index is 0.121. The molecule has 2 unspecified atom stereocenters. The molecule has 3 aromatic rings. The van der Waals surface area contributed by atoms with E-state index in [1.165, 1.54) is 0 Å². The molecule has 7 heteroatoms. The van der Waals surface area contributed by atoms with E-state index in [9.17, 15) is 9.59 Å². The van der Waals surface area contributed by atoms with E-state index in [1.807, 2.05) is 77.0 Å². The molecule has 1 aromatic heterocycles. The Morgan fingerprint density at radius 1 is 1.10 bits per heavy atom. The molecule has 2 amide bonds. The quantitative estimate of drug-likeness (QED) is 0.642. The second-order valence-corrected chi connectivity index (χ2v) is 7.97. The van der Waals surface area contributed by atoms with Gasteiger partial charge in [0.15, 0.2) is 6.10 Å². The lowest BCUT2D eigenvalue weighted by Crippen LogP contribution is -2.50. The van der Waals surface area contributed by atoms with Gasteiger partial charge >= 0.3 is 0 Å². The molecule has 4 rings (SSSR count). The Labute approximate surface area is 179 Å². The van der Waals surface area contributed by atoms with E-state index < -0.39 is 6.10 Å². The monoisotopic (exact) mass is 421 g/mol. The van der Waals surface area contributed by atoms with Gasteiger partial charge in [0.2, 0.25) is 5.91 Å². The SMILES string of the molecule is CNC(=O)C1CN(CC(=O)NC(c2ccccc2)c2cccs2)c2ccccc2O1. The van der Waals surface area contributed by atoms with E-state index in [-0.39, 0.29) is 24.4 Å². The molecular formula is C23H23N3O3S. The molecule has 2 N–H and O–H groups in total. The Hall–Kier alpha value is -3.32. The van der Waals surface area contributed by atoms with Crippen molar-refractivity contribution in [1.82, 2.24) is 10.6 Å². The lowest BCUT2D eigenvalue weighted by Gasteiger charge is -2.35. The summed E-state index contributed by atoms with van der Waals surface area (Å²) in [6.45, 7) is 0.432. The van der Waals surface area contributed by atoms with Gasteiger partial charge in [0.25, 0.3) is 5.91 Å². The third-order valence-electron chi connectivity index (χ3n) is 5.00. The van der Waals surface area contributed by atoms with Crippen LogP contribution >= 0.6 is 11.3 Å². The Morgan fingerprint density at radius 3 is 2.60 bits per heavy atom. The first kappa shape index (κ1) is 20.0. The van der Waals surface area contributed by atoms with Crippen LogP contribution < -0.4 is 20.3 Å². The molecule has 0 aliphatic carbocycles. The van der Waals surface area contributed by atoms with Crippen molar-refractivity contribution in [2.45, 2.75) is 12.1 Å². The molecule has 2 atom stereocenters. The molecule has 0 radical (unpaired) electrons. The van der Waals surface area contributed by atoms with Crippen molar-refractivity contribution < 1.29 is 14.3 Å². The summed E-state index contributed by atoms with van der Waals surface area (Å²) in [6, 6.07) is 21.2. The van der Waals surface area contributed by atoms with Gasteiger partial charge in [0.1, 0.15) is 5.75 Å². The van der Waals surface area contributed by atoms with Crippen molar-refractivity contribution in [2.75, 3.05) is 25.0 Å². The maximum absolute atomic E-state index is 13.1. The number of ether oxygens (including phenoxy) is 1. The Bertz CT molecular complexity index is 1010. The number of fused-ring (bicyclic) bond motifs is 1. The number of rotatable bonds is 6. The van der Waals surface area contributed by atoms with E-state index in [2.05, 4.69) is 10.6 Å². The van der Waals surface area contributed by atoms with Crippen LogP contribution in [0.2, 0.25) is 0 Å². The first-order valence-corrected chi connectivity index (χ1v) is 10.6. The van der Waals surface area contributed by atoms with Crippen LogP contribution in [-0.4, -0.2) is 38.1 Å².